The Kier molecular flexibility index (Phi) is 4.38. The standard InChI is InChI=1S/C13H27NO/c1-9(2)13(7,8)10(3)11(15)14-12(4,5)6/h9-10H,1-8H3,(H,14,15). The second kappa shape index (κ2) is 4.54. The van der Waals surface area contributed by atoms with Crippen molar-refractivity contribution in [3.05, 3.63) is 0 Å². The van der Waals surface area contributed by atoms with Gasteiger partial charge in [-0.1, -0.05) is 34.6 Å². The third-order valence-corrected chi connectivity index (χ3v) is 3.50. The van der Waals surface area contributed by atoms with Crippen molar-refractivity contribution in [3.63, 3.8) is 0 Å². The largest absolute Gasteiger partial charge is 0.351 e. The fourth-order valence-electron chi connectivity index (χ4n) is 1.32. The fourth-order valence-corrected chi connectivity index (χ4v) is 1.32. The van der Waals surface area contributed by atoms with E-state index in [0.717, 1.165) is 0 Å². The van der Waals surface area contributed by atoms with Crippen molar-refractivity contribution >= 4 is 5.91 Å². The van der Waals surface area contributed by atoms with Crippen LogP contribution in [0, 0.1) is 17.3 Å². The van der Waals surface area contributed by atoms with E-state index in [0.29, 0.717) is 5.92 Å². The van der Waals surface area contributed by atoms with Crippen LogP contribution in [0.4, 0.5) is 0 Å². The van der Waals surface area contributed by atoms with E-state index in [9.17, 15) is 4.79 Å². The van der Waals surface area contributed by atoms with E-state index in [2.05, 4.69) is 33.0 Å². The summed E-state index contributed by atoms with van der Waals surface area (Å²) in [6.07, 6.45) is 0. The lowest BCUT2D eigenvalue weighted by atomic mass is 9.71. The minimum Gasteiger partial charge on any atom is -0.351 e. The van der Waals surface area contributed by atoms with Crippen molar-refractivity contribution in [1.82, 2.24) is 5.32 Å². The van der Waals surface area contributed by atoms with Gasteiger partial charge in [-0.15, -0.1) is 0 Å². The molecule has 0 aromatic carbocycles. The van der Waals surface area contributed by atoms with Crippen LogP contribution in [0.5, 0.6) is 0 Å². The molecule has 0 saturated heterocycles. The van der Waals surface area contributed by atoms with Crippen LogP contribution in [0.2, 0.25) is 0 Å². The van der Waals surface area contributed by atoms with Crippen LogP contribution in [-0.2, 0) is 4.79 Å². The molecule has 1 amide bonds. The maximum absolute atomic E-state index is 12.0. The van der Waals surface area contributed by atoms with Gasteiger partial charge in [0.15, 0.2) is 0 Å². The molecule has 15 heavy (non-hydrogen) atoms. The number of hydrogen-bond acceptors (Lipinski definition) is 1. The van der Waals surface area contributed by atoms with Crippen LogP contribution < -0.4 is 5.32 Å². The van der Waals surface area contributed by atoms with Gasteiger partial charge in [-0.25, -0.2) is 0 Å². The molecule has 1 N–H and O–H groups in total. The SMILES string of the molecule is CC(C)C(C)(C)C(C)C(=O)NC(C)(C)C. The molecular formula is C13H27NO. The van der Waals surface area contributed by atoms with E-state index in [1.807, 2.05) is 27.7 Å². The van der Waals surface area contributed by atoms with Crippen molar-refractivity contribution in [2.24, 2.45) is 17.3 Å². The van der Waals surface area contributed by atoms with Gasteiger partial charge in [0, 0.05) is 11.5 Å². The van der Waals surface area contributed by atoms with Crippen LogP contribution in [-0.4, -0.2) is 11.4 Å². The van der Waals surface area contributed by atoms with Crippen LogP contribution in [0.15, 0.2) is 0 Å². The van der Waals surface area contributed by atoms with Crippen LogP contribution >= 0.6 is 0 Å². The van der Waals surface area contributed by atoms with Crippen LogP contribution in [0.1, 0.15) is 55.4 Å². The van der Waals surface area contributed by atoms with Crippen molar-refractivity contribution in [2.75, 3.05) is 0 Å². The Labute approximate surface area is 94.8 Å². The second-order valence-corrected chi connectivity index (χ2v) is 6.44. The predicted octanol–water partition coefficient (Wildman–Crippen LogP) is 3.22. The molecule has 2 nitrogen and oxygen atoms in total. The third-order valence-electron chi connectivity index (χ3n) is 3.50. The molecule has 0 saturated carbocycles. The molecule has 0 spiro atoms. The average molecular weight is 213 g/mol. The van der Waals surface area contributed by atoms with Gasteiger partial charge in [0.05, 0.1) is 0 Å². The van der Waals surface area contributed by atoms with Gasteiger partial charge in [-0.3, -0.25) is 4.79 Å². The first-order chi connectivity index (χ1) is 6.48. The van der Waals surface area contributed by atoms with E-state index >= 15 is 0 Å². The second-order valence-electron chi connectivity index (χ2n) is 6.44. The van der Waals surface area contributed by atoms with Gasteiger partial charge >= 0.3 is 0 Å². The highest BCUT2D eigenvalue weighted by Gasteiger charge is 2.35. The first-order valence-corrected chi connectivity index (χ1v) is 5.80. The molecule has 0 aliphatic carbocycles. The molecule has 0 bridgehead atoms. The zero-order chi connectivity index (χ0) is 12.4. The topological polar surface area (TPSA) is 29.1 Å². The van der Waals surface area contributed by atoms with Crippen molar-refractivity contribution < 1.29 is 4.79 Å². The van der Waals surface area contributed by atoms with Gasteiger partial charge in [-0.05, 0) is 32.1 Å². The summed E-state index contributed by atoms with van der Waals surface area (Å²) >= 11 is 0. The van der Waals surface area contributed by atoms with E-state index < -0.39 is 0 Å². The number of amides is 1. The average Bonchev–Trinajstić information content (AvgIpc) is 1.99. The smallest absolute Gasteiger partial charge is 0.223 e. The quantitative estimate of drug-likeness (QED) is 0.766. The molecular weight excluding hydrogens is 186 g/mol. The highest BCUT2D eigenvalue weighted by Crippen LogP contribution is 2.35. The zero-order valence-corrected chi connectivity index (χ0v) is 11.6. The Bertz CT molecular complexity index is 223. The fraction of sp³-hybridized carbons (Fsp3) is 0.923. The highest BCUT2D eigenvalue weighted by atomic mass is 16.2. The molecule has 1 atom stereocenters. The van der Waals surface area contributed by atoms with Crippen molar-refractivity contribution in [2.45, 2.75) is 60.9 Å². The number of rotatable bonds is 3. The number of nitrogens with one attached hydrogen (secondary N) is 1. The van der Waals surface area contributed by atoms with Gasteiger partial charge < -0.3 is 5.32 Å². The number of carbonyl (C=O) groups is 1. The van der Waals surface area contributed by atoms with Gasteiger partial charge in [0.2, 0.25) is 5.91 Å². The summed E-state index contributed by atoms with van der Waals surface area (Å²) in [4.78, 5) is 12.0. The van der Waals surface area contributed by atoms with E-state index in [4.69, 9.17) is 0 Å². The summed E-state index contributed by atoms with van der Waals surface area (Å²) in [5, 5.41) is 3.04. The van der Waals surface area contributed by atoms with E-state index in [1.165, 1.54) is 0 Å². The minimum absolute atomic E-state index is 0.0370. The lowest BCUT2D eigenvalue weighted by Gasteiger charge is -2.36. The molecule has 0 heterocycles. The minimum atomic E-state index is -0.140. The molecule has 0 aromatic rings. The maximum Gasteiger partial charge on any atom is 0.223 e. The molecule has 1 unspecified atom stereocenters. The molecule has 0 fully saturated rings. The Morgan fingerprint density at radius 2 is 1.40 bits per heavy atom. The first kappa shape index (κ1) is 14.5. The van der Waals surface area contributed by atoms with Crippen LogP contribution in [0.3, 0.4) is 0 Å². The third kappa shape index (κ3) is 4.23. The normalized spacial score (nSPS) is 15.3. The summed E-state index contributed by atoms with van der Waals surface area (Å²) in [6.45, 7) is 16.7. The zero-order valence-electron chi connectivity index (χ0n) is 11.6. The Hall–Kier alpha value is -0.530. The highest BCUT2D eigenvalue weighted by molar-refractivity contribution is 5.79. The molecule has 0 aromatic heterocycles. The molecule has 90 valence electrons. The summed E-state index contributed by atoms with van der Waals surface area (Å²) in [6, 6.07) is 0. The molecule has 0 radical (unpaired) electrons. The van der Waals surface area contributed by atoms with E-state index in [1.54, 1.807) is 0 Å². The molecule has 2 heteroatoms. The van der Waals surface area contributed by atoms with Crippen LogP contribution in [0.25, 0.3) is 0 Å². The van der Waals surface area contributed by atoms with Crippen molar-refractivity contribution in [1.29, 1.82) is 0 Å². The monoisotopic (exact) mass is 213 g/mol. The van der Waals surface area contributed by atoms with Crippen molar-refractivity contribution in [3.8, 4) is 0 Å². The van der Waals surface area contributed by atoms with Gasteiger partial charge in [0.25, 0.3) is 0 Å². The Morgan fingerprint density at radius 3 is 1.67 bits per heavy atom. The summed E-state index contributed by atoms with van der Waals surface area (Å²) in [5.74, 6) is 0.691. The lowest BCUT2D eigenvalue weighted by Crippen LogP contribution is -2.47. The number of carbonyl (C=O) groups excluding carboxylic acids is 1. The lowest BCUT2D eigenvalue weighted by molar-refractivity contribution is -0.130. The predicted molar refractivity (Wildman–Crippen MR) is 65.7 cm³/mol. The molecule has 0 rings (SSSR count). The maximum atomic E-state index is 12.0. The number of hydrogen-bond donors (Lipinski definition) is 1. The summed E-state index contributed by atoms with van der Waals surface area (Å²) in [7, 11) is 0. The summed E-state index contributed by atoms with van der Waals surface area (Å²) < 4.78 is 0. The Morgan fingerprint density at radius 1 is 1.00 bits per heavy atom. The van der Waals surface area contributed by atoms with E-state index in [-0.39, 0.29) is 22.8 Å². The molecule has 0 aliphatic heterocycles. The van der Waals surface area contributed by atoms with Gasteiger partial charge in [0.1, 0.15) is 0 Å². The Balaban J connectivity index is 4.59. The molecule has 0 aliphatic rings. The van der Waals surface area contributed by atoms with Gasteiger partial charge in [-0.2, -0.15) is 0 Å². The summed E-state index contributed by atoms with van der Waals surface area (Å²) in [5.41, 5.74) is -0.103. The first-order valence-electron chi connectivity index (χ1n) is 5.80.